The Balaban J connectivity index is 1.58. The molecule has 20 heavy (non-hydrogen) atoms. The Hall–Kier alpha value is -0.120. The zero-order valence-corrected chi connectivity index (χ0v) is 13.0. The first-order valence-corrected chi connectivity index (χ1v) is 8.70. The van der Waals surface area contributed by atoms with E-state index in [4.69, 9.17) is 9.47 Å². The molecule has 1 saturated carbocycles. The summed E-state index contributed by atoms with van der Waals surface area (Å²) in [6.07, 6.45) is 11.9. The molecule has 0 amide bonds. The molecule has 3 nitrogen and oxygen atoms in total. The second-order valence-electron chi connectivity index (χ2n) is 7.18. The van der Waals surface area contributed by atoms with Crippen molar-refractivity contribution in [3.63, 3.8) is 0 Å². The summed E-state index contributed by atoms with van der Waals surface area (Å²) >= 11 is 0. The quantitative estimate of drug-likeness (QED) is 0.859. The average molecular weight is 281 g/mol. The summed E-state index contributed by atoms with van der Waals surface area (Å²) in [6.45, 7) is 2.73. The maximum atomic E-state index is 6.19. The van der Waals surface area contributed by atoms with E-state index in [9.17, 15) is 0 Å². The summed E-state index contributed by atoms with van der Waals surface area (Å²) in [6, 6.07) is 0.696. The lowest BCUT2D eigenvalue weighted by Crippen LogP contribution is -2.49. The van der Waals surface area contributed by atoms with E-state index < -0.39 is 0 Å². The SMILES string of the molecule is CNC(CC1CCCC1)C1CCOC2(CCOCC2)C1. The van der Waals surface area contributed by atoms with Crippen molar-refractivity contribution < 1.29 is 9.47 Å². The highest BCUT2D eigenvalue weighted by Gasteiger charge is 2.41. The van der Waals surface area contributed by atoms with E-state index in [0.717, 1.165) is 44.5 Å². The summed E-state index contributed by atoms with van der Waals surface area (Å²) in [5.41, 5.74) is 0.145. The van der Waals surface area contributed by atoms with E-state index >= 15 is 0 Å². The minimum Gasteiger partial charge on any atom is -0.381 e. The van der Waals surface area contributed by atoms with Gasteiger partial charge in [-0.2, -0.15) is 0 Å². The summed E-state index contributed by atoms with van der Waals surface area (Å²) in [7, 11) is 2.16. The van der Waals surface area contributed by atoms with Gasteiger partial charge in [0.05, 0.1) is 5.60 Å². The zero-order chi connectivity index (χ0) is 13.8. The molecule has 3 aliphatic rings. The predicted molar refractivity (Wildman–Crippen MR) is 80.9 cm³/mol. The van der Waals surface area contributed by atoms with Gasteiger partial charge in [-0.15, -0.1) is 0 Å². The summed E-state index contributed by atoms with van der Waals surface area (Å²) in [5, 5.41) is 3.63. The van der Waals surface area contributed by atoms with Crippen LogP contribution in [0.4, 0.5) is 0 Å². The molecule has 2 saturated heterocycles. The van der Waals surface area contributed by atoms with E-state index in [1.54, 1.807) is 0 Å². The zero-order valence-electron chi connectivity index (χ0n) is 13.0. The third-order valence-electron chi connectivity index (χ3n) is 5.94. The second kappa shape index (κ2) is 6.76. The number of hydrogen-bond acceptors (Lipinski definition) is 3. The van der Waals surface area contributed by atoms with Crippen LogP contribution in [-0.2, 0) is 9.47 Å². The first-order valence-electron chi connectivity index (χ1n) is 8.70. The summed E-state index contributed by atoms with van der Waals surface area (Å²) in [5.74, 6) is 1.77. The van der Waals surface area contributed by atoms with Crippen LogP contribution in [0.3, 0.4) is 0 Å². The van der Waals surface area contributed by atoms with E-state index in [0.29, 0.717) is 6.04 Å². The number of nitrogens with one attached hydrogen (secondary N) is 1. The van der Waals surface area contributed by atoms with Crippen LogP contribution in [0.15, 0.2) is 0 Å². The molecule has 3 rings (SSSR count). The third-order valence-corrected chi connectivity index (χ3v) is 5.94. The lowest BCUT2D eigenvalue weighted by molar-refractivity contribution is -0.150. The topological polar surface area (TPSA) is 30.5 Å². The Morgan fingerprint density at radius 2 is 1.85 bits per heavy atom. The first-order chi connectivity index (χ1) is 9.81. The molecular weight excluding hydrogens is 250 g/mol. The van der Waals surface area contributed by atoms with Crippen LogP contribution < -0.4 is 5.32 Å². The molecule has 0 radical (unpaired) electrons. The molecule has 0 bridgehead atoms. The molecule has 3 fully saturated rings. The molecule has 3 heteroatoms. The van der Waals surface area contributed by atoms with Gasteiger partial charge in [0.15, 0.2) is 0 Å². The van der Waals surface area contributed by atoms with Crippen LogP contribution in [0, 0.1) is 11.8 Å². The molecular formula is C17H31NO2. The Bertz CT molecular complexity index is 290. The lowest BCUT2D eigenvalue weighted by Gasteiger charge is -2.45. The number of hydrogen-bond donors (Lipinski definition) is 1. The van der Waals surface area contributed by atoms with Crippen LogP contribution in [0.5, 0.6) is 0 Å². The standard InChI is InChI=1S/C17H31NO2/c1-18-16(12-14-4-2-3-5-14)15-6-9-20-17(13-15)7-10-19-11-8-17/h14-16,18H,2-13H2,1H3. The van der Waals surface area contributed by atoms with Crippen LogP contribution in [-0.4, -0.2) is 38.5 Å². The minimum atomic E-state index is 0.145. The van der Waals surface area contributed by atoms with Crippen molar-refractivity contribution in [2.24, 2.45) is 11.8 Å². The van der Waals surface area contributed by atoms with Gasteiger partial charge in [-0.05, 0) is 51.0 Å². The van der Waals surface area contributed by atoms with Crippen molar-refractivity contribution in [2.75, 3.05) is 26.9 Å². The molecule has 1 aliphatic carbocycles. The molecule has 1 N–H and O–H groups in total. The van der Waals surface area contributed by atoms with Crippen LogP contribution in [0.2, 0.25) is 0 Å². The maximum absolute atomic E-state index is 6.19. The molecule has 2 aliphatic heterocycles. The number of ether oxygens (including phenoxy) is 2. The van der Waals surface area contributed by atoms with Crippen molar-refractivity contribution in [3.8, 4) is 0 Å². The van der Waals surface area contributed by atoms with Crippen LogP contribution >= 0.6 is 0 Å². The van der Waals surface area contributed by atoms with Gasteiger partial charge in [0.2, 0.25) is 0 Å². The van der Waals surface area contributed by atoms with Crippen molar-refractivity contribution in [1.29, 1.82) is 0 Å². The summed E-state index contributed by atoms with van der Waals surface area (Å²) in [4.78, 5) is 0. The smallest absolute Gasteiger partial charge is 0.0729 e. The second-order valence-corrected chi connectivity index (χ2v) is 7.18. The Labute approximate surface area is 123 Å². The van der Waals surface area contributed by atoms with E-state index in [-0.39, 0.29) is 5.60 Å². The predicted octanol–water partition coefficient (Wildman–Crippen LogP) is 3.13. The Kier molecular flexibility index (Phi) is 5.00. The van der Waals surface area contributed by atoms with E-state index in [2.05, 4.69) is 12.4 Å². The maximum Gasteiger partial charge on any atom is 0.0729 e. The van der Waals surface area contributed by atoms with Gasteiger partial charge >= 0.3 is 0 Å². The molecule has 0 aromatic rings. The lowest BCUT2D eigenvalue weighted by atomic mass is 9.76. The molecule has 2 unspecified atom stereocenters. The van der Waals surface area contributed by atoms with Crippen molar-refractivity contribution >= 4 is 0 Å². The van der Waals surface area contributed by atoms with Crippen molar-refractivity contribution in [3.05, 3.63) is 0 Å². The highest BCUT2D eigenvalue weighted by molar-refractivity contribution is 4.93. The number of rotatable bonds is 4. The van der Waals surface area contributed by atoms with E-state index in [1.165, 1.54) is 44.9 Å². The van der Waals surface area contributed by atoms with Crippen LogP contribution in [0.25, 0.3) is 0 Å². The first kappa shape index (κ1) is 14.8. The van der Waals surface area contributed by atoms with Gasteiger partial charge in [-0.1, -0.05) is 25.7 Å². The van der Waals surface area contributed by atoms with Gasteiger partial charge in [-0.25, -0.2) is 0 Å². The normalized spacial score (nSPS) is 32.5. The molecule has 2 atom stereocenters. The molecule has 0 aromatic heterocycles. The molecule has 1 spiro atoms. The van der Waals surface area contributed by atoms with Gasteiger partial charge < -0.3 is 14.8 Å². The van der Waals surface area contributed by atoms with Gasteiger partial charge in [0.25, 0.3) is 0 Å². The fourth-order valence-corrected chi connectivity index (χ4v) is 4.65. The van der Waals surface area contributed by atoms with Crippen molar-refractivity contribution in [2.45, 2.75) is 69.4 Å². The molecule has 116 valence electrons. The molecule has 0 aromatic carbocycles. The Morgan fingerprint density at radius 1 is 1.10 bits per heavy atom. The monoisotopic (exact) mass is 281 g/mol. The van der Waals surface area contributed by atoms with Crippen LogP contribution in [0.1, 0.15) is 57.8 Å². The summed E-state index contributed by atoms with van der Waals surface area (Å²) < 4.78 is 11.7. The minimum absolute atomic E-state index is 0.145. The fourth-order valence-electron chi connectivity index (χ4n) is 4.65. The highest BCUT2D eigenvalue weighted by atomic mass is 16.5. The fraction of sp³-hybridized carbons (Fsp3) is 1.00. The largest absolute Gasteiger partial charge is 0.381 e. The highest BCUT2D eigenvalue weighted by Crippen LogP contribution is 2.40. The Morgan fingerprint density at radius 3 is 2.55 bits per heavy atom. The van der Waals surface area contributed by atoms with Gasteiger partial charge in [0, 0.05) is 25.9 Å². The molecule has 2 heterocycles. The van der Waals surface area contributed by atoms with Gasteiger partial charge in [-0.3, -0.25) is 0 Å². The average Bonchev–Trinajstić information content (AvgIpc) is 2.98. The van der Waals surface area contributed by atoms with Crippen molar-refractivity contribution in [1.82, 2.24) is 5.32 Å². The van der Waals surface area contributed by atoms with E-state index in [1.807, 2.05) is 0 Å². The van der Waals surface area contributed by atoms with Gasteiger partial charge in [0.1, 0.15) is 0 Å². The third kappa shape index (κ3) is 3.37.